The van der Waals surface area contributed by atoms with E-state index in [1.807, 2.05) is 0 Å². The van der Waals surface area contributed by atoms with Crippen molar-refractivity contribution in [3.8, 4) is 0 Å². The lowest BCUT2D eigenvalue weighted by atomic mass is 9.88. The topological polar surface area (TPSA) is 29.3 Å². The van der Waals surface area contributed by atoms with Crippen LogP contribution in [0.2, 0.25) is 0 Å². The fraction of sp³-hybridized carbons (Fsp3) is 0.917. The van der Waals surface area contributed by atoms with Gasteiger partial charge in [0, 0.05) is 11.0 Å². The van der Waals surface area contributed by atoms with E-state index in [1.165, 1.54) is 0 Å². The molecule has 15 heavy (non-hydrogen) atoms. The van der Waals surface area contributed by atoms with E-state index in [4.69, 9.17) is 18.0 Å². The van der Waals surface area contributed by atoms with Crippen molar-refractivity contribution in [2.75, 3.05) is 13.6 Å². The van der Waals surface area contributed by atoms with Gasteiger partial charge in [-0.05, 0) is 40.3 Å². The van der Waals surface area contributed by atoms with Crippen LogP contribution < -0.4 is 5.73 Å². The highest BCUT2D eigenvalue weighted by Crippen LogP contribution is 2.24. The Hall–Kier alpha value is -0.150. The van der Waals surface area contributed by atoms with Gasteiger partial charge in [0.1, 0.15) is 0 Å². The van der Waals surface area contributed by atoms with Crippen molar-refractivity contribution in [1.82, 2.24) is 4.90 Å². The highest BCUT2D eigenvalue weighted by molar-refractivity contribution is 7.80. The lowest BCUT2D eigenvalue weighted by Gasteiger charge is -2.37. The number of nitrogens with two attached hydrogens (primary N) is 1. The van der Waals surface area contributed by atoms with Crippen LogP contribution in [0.25, 0.3) is 0 Å². The van der Waals surface area contributed by atoms with Crippen LogP contribution in [0.4, 0.5) is 0 Å². The lowest BCUT2D eigenvalue weighted by Crippen LogP contribution is -2.43. The fourth-order valence-corrected chi connectivity index (χ4v) is 1.25. The maximum Gasteiger partial charge on any atom is 0.0784 e. The van der Waals surface area contributed by atoms with Gasteiger partial charge in [0.25, 0.3) is 0 Å². The Balaban J connectivity index is 4.23. The van der Waals surface area contributed by atoms with Crippen molar-refractivity contribution in [2.45, 2.75) is 53.0 Å². The Morgan fingerprint density at radius 3 is 2.07 bits per heavy atom. The number of nitrogens with zero attached hydrogens (tertiary/aromatic N) is 1. The van der Waals surface area contributed by atoms with Crippen molar-refractivity contribution < 1.29 is 0 Å². The van der Waals surface area contributed by atoms with Crippen LogP contribution >= 0.6 is 12.2 Å². The maximum atomic E-state index is 5.71. The largest absolute Gasteiger partial charge is 0.393 e. The molecule has 0 saturated carbocycles. The van der Waals surface area contributed by atoms with Crippen molar-refractivity contribution in [1.29, 1.82) is 0 Å². The average Bonchev–Trinajstić information content (AvgIpc) is 2.13. The van der Waals surface area contributed by atoms with Crippen molar-refractivity contribution >= 4 is 17.2 Å². The predicted molar refractivity (Wildman–Crippen MR) is 72.2 cm³/mol. The summed E-state index contributed by atoms with van der Waals surface area (Å²) in [5, 5.41) is 0. The molecule has 0 unspecified atom stereocenters. The highest BCUT2D eigenvalue weighted by atomic mass is 32.1. The minimum absolute atomic E-state index is 0.0343. The number of hydrogen-bond donors (Lipinski definition) is 1. The smallest absolute Gasteiger partial charge is 0.0784 e. The van der Waals surface area contributed by atoms with E-state index >= 15 is 0 Å². The lowest BCUT2D eigenvalue weighted by molar-refractivity contribution is 0.139. The average molecular weight is 230 g/mol. The quantitative estimate of drug-likeness (QED) is 0.712. The second kappa shape index (κ2) is 5.26. The van der Waals surface area contributed by atoms with Crippen LogP contribution in [0.3, 0.4) is 0 Å². The molecule has 0 atom stereocenters. The highest BCUT2D eigenvalue weighted by Gasteiger charge is 2.26. The number of thiocarbonyl (C=S) groups is 1. The summed E-state index contributed by atoms with van der Waals surface area (Å²) in [6.07, 6.45) is 2.17. The number of rotatable bonds is 6. The molecule has 0 bridgehead atoms. The maximum absolute atomic E-state index is 5.71. The third-order valence-corrected chi connectivity index (χ3v) is 4.19. The van der Waals surface area contributed by atoms with Crippen molar-refractivity contribution in [3.05, 3.63) is 0 Å². The molecule has 0 heterocycles. The van der Waals surface area contributed by atoms with Crippen molar-refractivity contribution in [2.24, 2.45) is 11.1 Å². The summed E-state index contributed by atoms with van der Waals surface area (Å²) in [7, 11) is 2.17. The molecule has 2 nitrogen and oxygen atoms in total. The second-order valence-corrected chi connectivity index (χ2v) is 6.03. The van der Waals surface area contributed by atoms with Crippen LogP contribution in [-0.2, 0) is 0 Å². The van der Waals surface area contributed by atoms with Gasteiger partial charge in [0.2, 0.25) is 0 Å². The van der Waals surface area contributed by atoms with E-state index in [2.05, 4.69) is 46.6 Å². The summed E-state index contributed by atoms with van der Waals surface area (Å²) in [5.74, 6) is 0. The van der Waals surface area contributed by atoms with Crippen LogP contribution in [0, 0.1) is 5.41 Å². The first kappa shape index (κ1) is 14.8. The van der Waals surface area contributed by atoms with Crippen LogP contribution in [0.5, 0.6) is 0 Å². The van der Waals surface area contributed by atoms with Gasteiger partial charge in [0.05, 0.1) is 4.99 Å². The van der Waals surface area contributed by atoms with Crippen LogP contribution in [0.1, 0.15) is 47.5 Å². The molecule has 0 saturated heterocycles. The molecular weight excluding hydrogens is 204 g/mol. The third-order valence-electron chi connectivity index (χ3n) is 3.64. The molecule has 0 amide bonds. The summed E-state index contributed by atoms with van der Waals surface area (Å²) < 4.78 is 0. The molecule has 90 valence electrons. The normalized spacial score (nSPS) is 13.3. The van der Waals surface area contributed by atoms with E-state index in [0.717, 1.165) is 19.4 Å². The molecule has 2 N–H and O–H groups in total. The van der Waals surface area contributed by atoms with Crippen LogP contribution in [-0.4, -0.2) is 29.0 Å². The van der Waals surface area contributed by atoms with Gasteiger partial charge < -0.3 is 10.6 Å². The molecule has 0 fully saturated rings. The third kappa shape index (κ3) is 4.47. The van der Waals surface area contributed by atoms with Gasteiger partial charge in [-0.25, -0.2) is 0 Å². The Kier molecular flexibility index (Phi) is 5.21. The minimum Gasteiger partial charge on any atom is -0.393 e. The Bertz CT molecular complexity index is 222. The molecule has 0 radical (unpaired) electrons. The van der Waals surface area contributed by atoms with E-state index in [1.54, 1.807) is 0 Å². The molecule has 0 aliphatic heterocycles. The Morgan fingerprint density at radius 2 is 1.73 bits per heavy atom. The molecule has 0 aliphatic carbocycles. The van der Waals surface area contributed by atoms with Gasteiger partial charge in [-0.2, -0.15) is 0 Å². The van der Waals surface area contributed by atoms with E-state index in [-0.39, 0.29) is 11.0 Å². The second-order valence-electron chi connectivity index (χ2n) is 5.59. The van der Waals surface area contributed by atoms with Gasteiger partial charge in [-0.1, -0.05) is 33.0 Å². The summed E-state index contributed by atoms with van der Waals surface area (Å²) in [6.45, 7) is 12.0. The summed E-state index contributed by atoms with van der Waals surface area (Å²) in [6, 6.07) is 0. The molecule has 0 aliphatic rings. The van der Waals surface area contributed by atoms with Gasteiger partial charge in [-0.15, -0.1) is 0 Å². The zero-order valence-electron chi connectivity index (χ0n) is 11.1. The van der Waals surface area contributed by atoms with E-state index < -0.39 is 0 Å². The Morgan fingerprint density at radius 1 is 1.27 bits per heavy atom. The van der Waals surface area contributed by atoms with Gasteiger partial charge >= 0.3 is 0 Å². The fourth-order valence-electron chi connectivity index (χ4n) is 1.14. The predicted octanol–water partition coefficient (Wildman–Crippen LogP) is 2.81. The zero-order chi connectivity index (χ0) is 12.3. The molecule has 3 heteroatoms. The molecular formula is C12H26N2S. The first-order chi connectivity index (χ1) is 6.63. The first-order valence-electron chi connectivity index (χ1n) is 5.64. The molecule has 0 aromatic rings. The number of hydrogen-bond acceptors (Lipinski definition) is 2. The van der Waals surface area contributed by atoms with Gasteiger partial charge in [0.15, 0.2) is 0 Å². The SMILES string of the molecule is CCC(C)(C)N(C)CCC(C)(C)C(N)=S. The summed E-state index contributed by atoms with van der Waals surface area (Å²) in [4.78, 5) is 3.00. The van der Waals surface area contributed by atoms with E-state index in [0.29, 0.717) is 4.99 Å². The van der Waals surface area contributed by atoms with E-state index in [9.17, 15) is 0 Å². The van der Waals surface area contributed by atoms with Crippen LogP contribution in [0.15, 0.2) is 0 Å². The molecule has 0 spiro atoms. The molecule has 0 aromatic heterocycles. The monoisotopic (exact) mass is 230 g/mol. The van der Waals surface area contributed by atoms with Crippen molar-refractivity contribution in [3.63, 3.8) is 0 Å². The summed E-state index contributed by atoms with van der Waals surface area (Å²) in [5.41, 5.74) is 5.93. The zero-order valence-corrected chi connectivity index (χ0v) is 11.9. The standard InChI is InChI=1S/C12H26N2S/c1-7-12(4,5)14(6)9-8-11(2,3)10(13)15/h7-9H2,1-6H3,(H2,13,15). The minimum atomic E-state index is -0.0343. The van der Waals surface area contributed by atoms with Gasteiger partial charge in [-0.3, -0.25) is 0 Å². The first-order valence-corrected chi connectivity index (χ1v) is 6.05. The Labute approximate surface area is 100 Å². The summed E-state index contributed by atoms with van der Waals surface area (Å²) >= 11 is 5.06. The molecule has 0 aromatic carbocycles. The molecule has 0 rings (SSSR count).